The van der Waals surface area contributed by atoms with E-state index < -0.39 is 10.0 Å². The molecule has 0 amide bonds. The van der Waals surface area contributed by atoms with Crippen LogP contribution in [0, 0.1) is 0 Å². The Labute approximate surface area is 140 Å². The topological polar surface area (TPSA) is 62.6 Å². The lowest BCUT2D eigenvalue weighted by atomic mass is 10.3. The number of nitrogens with zero attached hydrogens (tertiary/aromatic N) is 1. The molecule has 0 bridgehead atoms. The van der Waals surface area contributed by atoms with E-state index in [2.05, 4.69) is 37.2 Å². The molecule has 21 heavy (non-hydrogen) atoms. The Hall–Kier alpha value is -0.830. The minimum absolute atomic E-state index is 0.0563. The first kappa shape index (κ1) is 16.5. The Morgan fingerprint density at radius 2 is 1.90 bits per heavy atom. The van der Waals surface area contributed by atoms with Crippen molar-refractivity contribution in [3.8, 4) is 0 Å². The monoisotopic (exact) mass is 436 g/mol. The van der Waals surface area contributed by atoms with Crippen LogP contribution in [0.4, 0.5) is 5.69 Å². The van der Waals surface area contributed by atoms with Gasteiger partial charge in [0.05, 0.1) is 6.54 Å². The number of benzene rings is 1. The van der Waals surface area contributed by atoms with Gasteiger partial charge in [0.25, 0.3) is 10.0 Å². The summed E-state index contributed by atoms with van der Waals surface area (Å²) in [5.74, 6) is 0.547. The van der Waals surface area contributed by atoms with Crippen molar-refractivity contribution in [2.24, 2.45) is 0 Å². The zero-order valence-electron chi connectivity index (χ0n) is 11.4. The van der Waals surface area contributed by atoms with Gasteiger partial charge in [-0.1, -0.05) is 15.9 Å². The van der Waals surface area contributed by atoms with Crippen LogP contribution in [0.3, 0.4) is 0 Å². The van der Waals surface area contributed by atoms with Crippen molar-refractivity contribution in [1.29, 1.82) is 0 Å². The number of halogens is 2. The quantitative estimate of drug-likeness (QED) is 0.775. The van der Waals surface area contributed by atoms with Crippen molar-refractivity contribution >= 4 is 47.6 Å². The van der Waals surface area contributed by atoms with Crippen molar-refractivity contribution in [1.82, 2.24) is 4.31 Å². The van der Waals surface area contributed by atoms with Crippen molar-refractivity contribution < 1.29 is 12.8 Å². The summed E-state index contributed by atoms with van der Waals surface area (Å²) < 4.78 is 32.2. The first-order valence-electron chi connectivity index (χ1n) is 6.01. The molecule has 0 atom stereocenters. The van der Waals surface area contributed by atoms with Gasteiger partial charge in [-0.15, -0.1) is 0 Å². The van der Waals surface area contributed by atoms with E-state index in [0.29, 0.717) is 12.3 Å². The lowest BCUT2D eigenvalue weighted by Crippen LogP contribution is -2.21. The molecule has 5 nitrogen and oxygen atoms in total. The summed E-state index contributed by atoms with van der Waals surface area (Å²) in [6, 6.07) is 8.86. The molecule has 0 radical (unpaired) electrons. The van der Waals surface area contributed by atoms with Crippen LogP contribution >= 0.6 is 31.9 Å². The van der Waals surface area contributed by atoms with Crippen molar-refractivity contribution in [3.05, 3.63) is 45.0 Å². The largest absolute Gasteiger partial charge is 0.446 e. The highest BCUT2D eigenvalue weighted by Crippen LogP contribution is 2.27. The van der Waals surface area contributed by atoms with Gasteiger partial charge in [-0.05, 0) is 46.3 Å². The minimum atomic E-state index is -3.53. The van der Waals surface area contributed by atoms with Crippen molar-refractivity contribution in [2.45, 2.75) is 11.6 Å². The lowest BCUT2D eigenvalue weighted by Gasteiger charge is -2.09. The number of nitrogens with one attached hydrogen (secondary N) is 1. The maximum absolute atomic E-state index is 11.9. The van der Waals surface area contributed by atoms with E-state index in [1.807, 2.05) is 18.2 Å². The molecule has 1 N–H and O–H groups in total. The molecule has 2 rings (SSSR count). The Morgan fingerprint density at radius 3 is 2.52 bits per heavy atom. The third kappa shape index (κ3) is 3.88. The zero-order chi connectivity index (χ0) is 15.6. The number of hydrogen-bond donors (Lipinski definition) is 1. The van der Waals surface area contributed by atoms with Gasteiger partial charge in [0.2, 0.25) is 5.09 Å². The first-order valence-corrected chi connectivity index (χ1v) is 9.03. The van der Waals surface area contributed by atoms with E-state index in [-0.39, 0.29) is 5.09 Å². The van der Waals surface area contributed by atoms with Crippen LogP contribution in [-0.2, 0) is 16.6 Å². The van der Waals surface area contributed by atoms with E-state index in [1.54, 1.807) is 6.07 Å². The second-order valence-corrected chi connectivity index (χ2v) is 8.34. The summed E-state index contributed by atoms with van der Waals surface area (Å²) in [5.41, 5.74) is 0.895. The molecule has 1 aromatic carbocycles. The molecule has 0 aliphatic rings. The van der Waals surface area contributed by atoms with Gasteiger partial charge in [0.15, 0.2) is 0 Å². The molecule has 0 spiro atoms. The highest BCUT2D eigenvalue weighted by Gasteiger charge is 2.21. The number of sulfonamides is 1. The molecule has 0 unspecified atom stereocenters. The van der Waals surface area contributed by atoms with Gasteiger partial charge in [0, 0.05) is 28.7 Å². The zero-order valence-corrected chi connectivity index (χ0v) is 15.4. The van der Waals surface area contributed by atoms with Gasteiger partial charge in [-0.2, -0.15) is 0 Å². The predicted octanol–water partition coefficient (Wildman–Crippen LogP) is 3.67. The van der Waals surface area contributed by atoms with Crippen LogP contribution < -0.4 is 5.32 Å². The predicted molar refractivity (Wildman–Crippen MR) is 88.7 cm³/mol. The fraction of sp³-hybridized carbons (Fsp3) is 0.231. The molecular weight excluding hydrogens is 424 g/mol. The summed E-state index contributed by atoms with van der Waals surface area (Å²) in [5, 5.41) is 3.12. The number of anilines is 1. The average Bonchev–Trinajstić information content (AvgIpc) is 2.87. The standard InChI is InChI=1S/C13H14Br2N2O3S/c1-17(2)21(18,19)13-6-4-10(20-13)8-16-12-5-3-9(14)7-11(12)15/h3-7,16H,8H2,1-2H3. The SMILES string of the molecule is CN(C)S(=O)(=O)c1ccc(CNc2ccc(Br)cc2Br)o1. The second-order valence-electron chi connectivity index (χ2n) is 4.49. The molecule has 8 heteroatoms. The lowest BCUT2D eigenvalue weighted by molar-refractivity contribution is 0.402. The highest BCUT2D eigenvalue weighted by molar-refractivity contribution is 9.11. The molecule has 114 valence electrons. The van der Waals surface area contributed by atoms with E-state index in [1.165, 1.54) is 20.2 Å². The molecule has 1 heterocycles. The molecule has 2 aromatic rings. The smallest absolute Gasteiger partial charge is 0.275 e. The van der Waals surface area contributed by atoms with Crippen LogP contribution in [0.2, 0.25) is 0 Å². The van der Waals surface area contributed by atoms with Gasteiger partial charge >= 0.3 is 0 Å². The summed E-state index contributed by atoms with van der Waals surface area (Å²) in [6.45, 7) is 0.392. The summed E-state index contributed by atoms with van der Waals surface area (Å²) in [4.78, 5) is 0. The Balaban J connectivity index is 2.10. The second kappa shape index (κ2) is 6.51. The minimum Gasteiger partial charge on any atom is -0.446 e. The van der Waals surface area contributed by atoms with Crippen LogP contribution in [0.5, 0.6) is 0 Å². The third-order valence-corrected chi connectivity index (χ3v) is 5.59. The average molecular weight is 438 g/mol. The van der Waals surface area contributed by atoms with E-state index in [4.69, 9.17) is 4.42 Å². The molecule has 1 aromatic heterocycles. The van der Waals surface area contributed by atoms with Crippen LogP contribution in [-0.4, -0.2) is 26.8 Å². The van der Waals surface area contributed by atoms with E-state index in [0.717, 1.165) is 18.9 Å². The summed E-state index contributed by atoms with van der Waals surface area (Å²) in [7, 11) is -0.595. The van der Waals surface area contributed by atoms with Gasteiger partial charge in [-0.3, -0.25) is 0 Å². The van der Waals surface area contributed by atoms with E-state index in [9.17, 15) is 8.42 Å². The summed E-state index contributed by atoms with van der Waals surface area (Å²) >= 11 is 6.83. The fourth-order valence-corrected chi connectivity index (χ4v) is 3.59. The Morgan fingerprint density at radius 1 is 1.19 bits per heavy atom. The van der Waals surface area contributed by atoms with Crippen molar-refractivity contribution in [2.75, 3.05) is 19.4 Å². The molecule has 0 saturated heterocycles. The summed E-state index contributed by atoms with van der Waals surface area (Å²) in [6.07, 6.45) is 0. The molecule has 0 aliphatic heterocycles. The highest BCUT2D eigenvalue weighted by atomic mass is 79.9. The Bertz CT molecular complexity index is 742. The maximum Gasteiger partial charge on any atom is 0.275 e. The van der Waals surface area contributed by atoms with Crippen LogP contribution in [0.15, 0.2) is 48.8 Å². The van der Waals surface area contributed by atoms with Crippen LogP contribution in [0.25, 0.3) is 0 Å². The number of furan rings is 1. The normalized spacial score (nSPS) is 11.9. The number of hydrogen-bond acceptors (Lipinski definition) is 4. The van der Waals surface area contributed by atoms with E-state index >= 15 is 0 Å². The van der Waals surface area contributed by atoms with Gasteiger partial charge in [0.1, 0.15) is 5.76 Å². The Kier molecular flexibility index (Phi) is 5.13. The van der Waals surface area contributed by atoms with Gasteiger partial charge < -0.3 is 9.73 Å². The molecular formula is C13H14Br2N2O3S. The molecule has 0 saturated carbocycles. The van der Waals surface area contributed by atoms with Crippen LogP contribution in [0.1, 0.15) is 5.76 Å². The van der Waals surface area contributed by atoms with Crippen molar-refractivity contribution in [3.63, 3.8) is 0 Å². The maximum atomic E-state index is 11.9. The van der Waals surface area contributed by atoms with Gasteiger partial charge in [-0.25, -0.2) is 12.7 Å². The number of rotatable bonds is 5. The molecule has 0 fully saturated rings. The molecule has 0 aliphatic carbocycles. The first-order chi connectivity index (χ1) is 9.80. The third-order valence-electron chi connectivity index (χ3n) is 2.76. The fourth-order valence-electron chi connectivity index (χ4n) is 1.59.